The molecule has 1 heterocycles. The second kappa shape index (κ2) is 6.57. The minimum atomic E-state index is -0.0260. The number of hydrogen-bond donors (Lipinski definition) is 0. The van der Waals surface area contributed by atoms with Gasteiger partial charge in [0.15, 0.2) is 0 Å². The Kier molecular flexibility index (Phi) is 5.02. The molecule has 0 N–H and O–H groups in total. The third-order valence-electron chi connectivity index (χ3n) is 3.48. The number of benzene rings is 1. The van der Waals surface area contributed by atoms with Crippen molar-refractivity contribution in [3.05, 3.63) is 29.8 Å². The van der Waals surface area contributed by atoms with Crippen LogP contribution >= 0.6 is 0 Å². The maximum Gasteiger partial charge on any atom is 0.122 e. The molecule has 0 amide bonds. The molecule has 0 spiro atoms. The lowest BCUT2D eigenvalue weighted by Crippen LogP contribution is -2.43. The second-order valence-corrected chi connectivity index (χ2v) is 6.20. The molecule has 0 saturated carbocycles. The molecule has 1 saturated heterocycles. The zero-order valence-corrected chi connectivity index (χ0v) is 12.9. The summed E-state index contributed by atoms with van der Waals surface area (Å²) in [6, 6.07) is 8.01. The molecule has 4 nitrogen and oxygen atoms in total. The average molecular weight is 279 g/mol. The van der Waals surface area contributed by atoms with Crippen LogP contribution in [0.3, 0.4) is 0 Å². The fourth-order valence-corrected chi connectivity index (χ4v) is 1.96. The fraction of sp³-hybridized carbons (Fsp3) is 0.625. The summed E-state index contributed by atoms with van der Waals surface area (Å²) in [7, 11) is 0. The quantitative estimate of drug-likeness (QED) is 0.851. The molecule has 1 fully saturated rings. The van der Waals surface area contributed by atoms with Gasteiger partial charge in [0.1, 0.15) is 31.9 Å². The molecule has 0 unspecified atom stereocenters. The van der Waals surface area contributed by atoms with E-state index in [1.54, 1.807) is 0 Å². The lowest BCUT2D eigenvalue weighted by atomic mass is 10.1. The summed E-state index contributed by atoms with van der Waals surface area (Å²) in [6.45, 7) is 10.8. The third kappa shape index (κ3) is 4.20. The van der Waals surface area contributed by atoms with Crippen LogP contribution < -0.4 is 4.74 Å². The number of aryl methyl sites for hydroxylation is 1. The third-order valence-corrected chi connectivity index (χ3v) is 3.48. The summed E-state index contributed by atoms with van der Waals surface area (Å²) in [5.41, 5.74) is 1.18. The molecule has 0 aromatic heterocycles. The number of hydrogen-bond acceptors (Lipinski definition) is 4. The molecule has 1 aromatic carbocycles. The van der Waals surface area contributed by atoms with Gasteiger partial charge in [0.2, 0.25) is 0 Å². The lowest BCUT2D eigenvalue weighted by molar-refractivity contribution is -0.0500. The van der Waals surface area contributed by atoms with Gasteiger partial charge in [0.05, 0.1) is 6.61 Å². The highest BCUT2D eigenvalue weighted by Gasteiger charge is 2.26. The predicted molar refractivity (Wildman–Crippen MR) is 78.8 cm³/mol. The van der Waals surface area contributed by atoms with Crippen LogP contribution in [-0.4, -0.2) is 43.2 Å². The first-order valence-electron chi connectivity index (χ1n) is 7.09. The van der Waals surface area contributed by atoms with Crippen molar-refractivity contribution in [1.82, 2.24) is 4.90 Å². The normalized spacial score (nSPS) is 21.5. The van der Waals surface area contributed by atoms with Crippen molar-refractivity contribution in [3.8, 4) is 5.75 Å². The van der Waals surface area contributed by atoms with Crippen molar-refractivity contribution in [2.24, 2.45) is 0 Å². The van der Waals surface area contributed by atoms with Crippen molar-refractivity contribution in [1.29, 1.82) is 0 Å². The van der Waals surface area contributed by atoms with E-state index in [-0.39, 0.29) is 11.6 Å². The first-order valence-corrected chi connectivity index (χ1v) is 7.09. The Morgan fingerprint density at radius 1 is 1.25 bits per heavy atom. The van der Waals surface area contributed by atoms with Crippen LogP contribution in [0.1, 0.15) is 26.3 Å². The van der Waals surface area contributed by atoms with Crippen LogP contribution in [0.25, 0.3) is 0 Å². The molecule has 1 aliphatic rings. The Balaban J connectivity index is 1.84. The summed E-state index contributed by atoms with van der Waals surface area (Å²) in [4.78, 5) is 2.17. The number of ether oxygens (including phenoxy) is 3. The standard InChI is InChI=1S/C16H25NO3/c1-13-7-5-6-8-15(13)19-10-14-9-18-11-17(12-20-14)16(2,3)4/h5-8,14H,9-12H2,1-4H3/t14-/m0/s1. The van der Waals surface area contributed by atoms with Gasteiger partial charge >= 0.3 is 0 Å². The SMILES string of the molecule is Cc1ccccc1OC[C@@H]1COCN(C(C)(C)C)CO1. The van der Waals surface area contributed by atoms with Crippen LogP contribution in [0.2, 0.25) is 0 Å². The highest BCUT2D eigenvalue weighted by atomic mass is 16.6. The summed E-state index contributed by atoms with van der Waals surface area (Å²) in [6.07, 6.45) is -0.0260. The van der Waals surface area contributed by atoms with Crippen LogP contribution in [-0.2, 0) is 9.47 Å². The average Bonchev–Trinajstić information content (AvgIpc) is 2.63. The zero-order chi connectivity index (χ0) is 14.6. The molecule has 1 aliphatic heterocycles. The molecular weight excluding hydrogens is 254 g/mol. The van der Waals surface area contributed by atoms with E-state index in [1.165, 1.54) is 0 Å². The summed E-state index contributed by atoms with van der Waals surface area (Å²) < 4.78 is 17.4. The lowest BCUT2D eigenvalue weighted by Gasteiger charge is -2.33. The Morgan fingerprint density at radius 2 is 2.00 bits per heavy atom. The van der Waals surface area contributed by atoms with Crippen molar-refractivity contribution in [2.75, 3.05) is 26.7 Å². The van der Waals surface area contributed by atoms with Crippen molar-refractivity contribution in [2.45, 2.75) is 39.3 Å². The van der Waals surface area contributed by atoms with Gasteiger partial charge in [-0.2, -0.15) is 0 Å². The van der Waals surface area contributed by atoms with Gasteiger partial charge < -0.3 is 14.2 Å². The zero-order valence-electron chi connectivity index (χ0n) is 12.9. The number of para-hydroxylation sites is 1. The highest BCUT2D eigenvalue weighted by molar-refractivity contribution is 5.31. The first-order chi connectivity index (χ1) is 9.47. The van der Waals surface area contributed by atoms with Gasteiger partial charge in [-0.25, -0.2) is 0 Å². The van der Waals surface area contributed by atoms with Gasteiger partial charge in [0, 0.05) is 5.54 Å². The predicted octanol–water partition coefficient (Wildman–Crippen LogP) is 2.80. The van der Waals surface area contributed by atoms with Gasteiger partial charge in [-0.15, -0.1) is 0 Å². The molecule has 20 heavy (non-hydrogen) atoms. The summed E-state index contributed by atoms with van der Waals surface area (Å²) >= 11 is 0. The first kappa shape index (κ1) is 15.3. The molecule has 0 bridgehead atoms. The van der Waals surface area contributed by atoms with Crippen LogP contribution in [0.15, 0.2) is 24.3 Å². The summed E-state index contributed by atoms with van der Waals surface area (Å²) in [5.74, 6) is 0.910. The van der Waals surface area contributed by atoms with Gasteiger partial charge in [0.25, 0.3) is 0 Å². The van der Waals surface area contributed by atoms with Crippen molar-refractivity contribution >= 4 is 0 Å². The number of nitrogens with zero attached hydrogens (tertiary/aromatic N) is 1. The molecule has 112 valence electrons. The second-order valence-electron chi connectivity index (χ2n) is 6.20. The van der Waals surface area contributed by atoms with Crippen LogP contribution in [0, 0.1) is 6.92 Å². The maximum atomic E-state index is 5.88. The minimum absolute atomic E-state index is 0.0260. The van der Waals surface area contributed by atoms with Crippen LogP contribution in [0.5, 0.6) is 5.75 Å². The molecular formula is C16H25NO3. The molecule has 0 radical (unpaired) electrons. The largest absolute Gasteiger partial charge is 0.491 e. The molecule has 4 heteroatoms. The maximum absolute atomic E-state index is 5.88. The van der Waals surface area contributed by atoms with E-state index in [0.29, 0.717) is 26.7 Å². The number of rotatable bonds is 3. The van der Waals surface area contributed by atoms with E-state index in [4.69, 9.17) is 14.2 Å². The Morgan fingerprint density at radius 3 is 2.70 bits per heavy atom. The van der Waals surface area contributed by atoms with Crippen molar-refractivity contribution in [3.63, 3.8) is 0 Å². The van der Waals surface area contributed by atoms with E-state index in [2.05, 4.69) is 25.7 Å². The van der Waals surface area contributed by atoms with Crippen LogP contribution in [0.4, 0.5) is 0 Å². The molecule has 1 atom stereocenters. The molecule has 0 aliphatic carbocycles. The highest BCUT2D eigenvalue weighted by Crippen LogP contribution is 2.19. The topological polar surface area (TPSA) is 30.9 Å². The van der Waals surface area contributed by atoms with Gasteiger partial charge in [-0.3, -0.25) is 4.90 Å². The van der Waals surface area contributed by atoms with E-state index in [1.807, 2.05) is 31.2 Å². The Bertz CT molecular complexity index is 428. The summed E-state index contributed by atoms with van der Waals surface area (Å²) in [5, 5.41) is 0. The molecule has 2 rings (SSSR count). The fourth-order valence-electron chi connectivity index (χ4n) is 1.96. The van der Waals surface area contributed by atoms with E-state index < -0.39 is 0 Å². The van der Waals surface area contributed by atoms with Crippen molar-refractivity contribution < 1.29 is 14.2 Å². The van der Waals surface area contributed by atoms with E-state index in [0.717, 1.165) is 11.3 Å². The Hall–Kier alpha value is -1.10. The van der Waals surface area contributed by atoms with E-state index in [9.17, 15) is 0 Å². The Labute approximate surface area is 121 Å². The minimum Gasteiger partial charge on any atom is -0.491 e. The van der Waals surface area contributed by atoms with Gasteiger partial charge in [-0.05, 0) is 39.3 Å². The smallest absolute Gasteiger partial charge is 0.122 e. The monoisotopic (exact) mass is 279 g/mol. The molecule has 1 aromatic rings. The van der Waals surface area contributed by atoms with E-state index >= 15 is 0 Å². The van der Waals surface area contributed by atoms with Gasteiger partial charge in [-0.1, -0.05) is 18.2 Å².